The van der Waals surface area contributed by atoms with Gasteiger partial charge >= 0.3 is 0 Å². The zero-order valence-corrected chi connectivity index (χ0v) is 8.64. The summed E-state index contributed by atoms with van der Waals surface area (Å²) in [5, 5.41) is 12.6. The van der Waals surface area contributed by atoms with Crippen molar-refractivity contribution in [2.45, 2.75) is 32.4 Å². The fourth-order valence-corrected chi connectivity index (χ4v) is 1.10. The van der Waals surface area contributed by atoms with Crippen LogP contribution in [0.2, 0.25) is 0 Å². The van der Waals surface area contributed by atoms with Crippen LogP contribution in [0.4, 0.5) is 0 Å². The molecule has 0 aromatic carbocycles. The minimum Gasteiger partial charge on any atom is -0.392 e. The van der Waals surface area contributed by atoms with E-state index < -0.39 is 0 Å². The average molecular weight is 195 g/mol. The first-order valence-corrected chi connectivity index (χ1v) is 4.91. The van der Waals surface area contributed by atoms with E-state index in [0.717, 1.165) is 12.1 Å². The maximum absolute atomic E-state index is 9.36. The second-order valence-electron chi connectivity index (χ2n) is 3.32. The minimum atomic E-state index is -0.283. The number of rotatable bonds is 5. The third-order valence-corrected chi connectivity index (χ3v) is 2.16. The summed E-state index contributed by atoms with van der Waals surface area (Å²) >= 11 is 0. The third-order valence-electron chi connectivity index (χ3n) is 2.16. The van der Waals surface area contributed by atoms with E-state index in [1.807, 2.05) is 13.8 Å². The largest absolute Gasteiger partial charge is 0.392 e. The lowest BCUT2D eigenvalue weighted by Gasteiger charge is -2.15. The maximum Gasteiger partial charge on any atom is 0.0753 e. The highest BCUT2D eigenvalue weighted by Crippen LogP contribution is 2.06. The van der Waals surface area contributed by atoms with Gasteiger partial charge in [-0.1, -0.05) is 6.92 Å². The number of nitrogens with zero attached hydrogens (tertiary/aromatic N) is 2. The molecule has 0 aliphatic carbocycles. The summed E-state index contributed by atoms with van der Waals surface area (Å²) in [6.07, 6.45) is 5.53. The maximum atomic E-state index is 9.36. The van der Waals surface area contributed by atoms with E-state index in [1.54, 1.807) is 18.6 Å². The monoisotopic (exact) mass is 195 g/mol. The summed E-state index contributed by atoms with van der Waals surface area (Å²) in [4.78, 5) is 8.16. The Kier molecular flexibility index (Phi) is 4.49. The van der Waals surface area contributed by atoms with E-state index in [4.69, 9.17) is 0 Å². The zero-order valence-electron chi connectivity index (χ0n) is 8.64. The molecule has 2 atom stereocenters. The van der Waals surface area contributed by atoms with Gasteiger partial charge in [-0.3, -0.25) is 9.97 Å². The molecule has 0 saturated carbocycles. The Morgan fingerprint density at radius 2 is 2.29 bits per heavy atom. The van der Waals surface area contributed by atoms with Crippen LogP contribution in [-0.4, -0.2) is 27.7 Å². The summed E-state index contributed by atoms with van der Waals surface area (Å²) in [6, 6.07) is 0.130. The normalized spacial score (nSPS) is 15.1. The molecule has 0 amide bonds. The number of hydrogen-bond donors (Lipinski definition) is 2. The van der Waals surface area contributed by atoms with Crippen LogP contribution in [0.3, 0.4) is 0 Å². The predicted molar refractivity (Wildman–Crippen MR) is 54.7 cm³/mol. The SMILES string of the molecule is CCC(O)CNC(C)c1cnccn1. The molecule has 14 heavy (non-hydrogen) atoms. The van der Waals surface area contributed by atoms with Gasteiger partial charge < -0.3 is 10.4 Å². The van der Waals surface area contributed by atoms with Crippen molar-refractivity contribution in [3.63, 3.8) is 0 Å². The first-order valence-electron chi connectivity index (χ1n) is 4.91. The Hall–Kier alpha value is -1.00. The summed E-state index contributed by atoms with van der Waals surface area (Å²) in [6.45, 7) is 4.56. The molecule has 1 aromatic heterocycles. The zero-order chi connectivity index (χ0) is 10.4. The summed E-state index contributed by atoms with van der Waals surface area (Å²) in [7, 11) is 0. The molecule has 0 aliphatic rings. The van der Waals surface area contributed by atoms with Gasteiger partial charge in [0.2, 0.25) is 0 Å². The molecule has 0 bridgehead atoms. The Morgan fingerprint density at radius 3 is 2.86 bits per heavy atom. The van der Waals surface area contributed by atoms with E-state index in [1.165, 1.54) is 0 Å². The average Bonchev–Trinajstić information content (AvgIpc) is 2.26. The van der Waals surface area contributed by atoms with Crippen molar-refractivity contribution in [1.29, 1.82) is 0 Å². The summed E-state index contributed by atoms with van der Waals surface area (Å²) in [5.41, 5.74) is 0.899. The molecule has 0 aliphatic heterocycles. The van der Waals surface area contributed by atoms with Crippen LogP contribution in [0.1, 0.15) is 32.0 Å². The second kappa shape index (κ2) is 5.67. The molecule has 2 N–H and O–H groups in total. The Balaban J connectivity index is 2.39. The van der Waals surface area contributed by atoms with E-state index in [0.29, 0.717) is 6.54 Å². The Labute approximate surface area is 84.4 Å². The molecule has 1 rings (SSSR count). The van der Waals surface area contributed by atoms with Gasteiger partial charge in [0.25, 0.3) is 0 Å². The lowest BCUT2D eigenvalue weighted by molar-refractivity contribution is 0.163. The van der Waals surface area contributed by atoms with Gasteiger partial charge in [-0.15, -0.1) is 0 Å². The van der Waals surface area contributed by atoms with E-state index >= 15 is 0 Å². The number of nitrogens with one attached hydrogen (secondary N) is 1. The molecule has 0 radical (unpaired) electrons. The van der Waals surface area contributed by atoms with Gasteiger partial charge in [-0.05, 0) is 13.3 Å². The molecule has 4 nitrogen and oxygen atoms in total. The van der Waals surface area contributed by atoms with Gasteiger partial charge in [-0.25, -0.2) is 0 Å². The fourth-order valence-electron chi connectivity index (χ4n) is 1.10. The summed E-state index contributed by atoms with van der Waals surface area (Å²) in [5.74, 6) is 0. The van der Waals surface area contributed by atoms with Crippen molar-refractivity contribution in [1.82, 2.24) is 15.3 Å². The molecular formula is C10H17N3O. The highest BCUT2D eigenvalue weighted by Gasteiger charge is 2.07. The van der Waals surface area contributed by atoms with Gasteiger partial charge in [0.05, 0.1) is 11.8 Å². The van der Waals surface area contributed by atoms with E-state index in [2.05, 4.69) is 15.3 Å². The molecule has 0 saturated heterocycles. The first-order chi connectivity index (χ1) is 6.74. The van der Waals surface area contributed by atoms with Crippen molar-refractivity contribution >= 4 is 0 Å². The highest BCUT2D eigenvalue weighted by molar-refractivity contribution is 5.00. The number of aliphatic hydroxyl groups is 1. The fraction of sp³-hybridized carbons (Fsp3) is 0.600. The molecule has 1 aromatic rings. The lowest BCUT2D eigenvalue weighted by Crippen LogP contribution is -2.29. The van der Waals surface area contributed by atoms with Gasteiger partial charge in [-0.2, -0.15) is 0 Å². The number of hydrogen-bond acceptors (Lipinski definition) is 4. The predicted octanol–water partition coefficient (Wildman–Crippen LogP) is 0.898. The molecular weight excluding hydrogens is 178 g/mol. The Bertz CT molecular complexity index is 253. The molecule has 4 heteroatoms. The van der Waals surface area contributed by atoms with Crippen molar-refractivity contribution in [3.8, 4) is 0 Å². The first kappa shape index (κ1) is 11.1. The van der Waals surface area contributed by atoms with Crippen LogP contribution in [0.15, 0.2) is 18.6 Å². The minimum absolute atomic E-state index is 0.130. The summed E-state index contributed by atoms with van der Waals surface area (Å²) < 4.78 is 0. The second-order valence-corrected chi connectivity index (χ2v) is 3.32. The topological polar surface area (TPSA) is 58.0 Å². The van der Waals surface area contributed by atoms with Crippen LogP contribution < -0.4 is 5.32 Å². The van der Waals surface area contributed by atoms with Crippen LogP contribution in [0, 0.1) is 0 Å². The van der Waals surface area contributed by atoms with Gasteiger partial charge in [0.15, 0.2) is 0 Å². The molecule has 0 spiro atoms. The van der Waals surface area contributed by atoms with E-state index in [9.17, 15) is 5.11 Å². The standard InChI is InChI=1S/C10H17N3O/c1-3-9(14)6-13-8(2)10-7-11-4-5-12-10/h4-5,7-9,13-14H,3,6H2,1-2H3. The quantitative estimate of drug-likeness (QED) is 0.733. The van der Waals surface area contributed by atoms with Gasteiger partial charge in [0, 0.05) is 31.2 Å². The molecule has 1 heterocycles. The molecule has 78 valence electrons. The Morgan fingerprint density at radius 1 is 1.50 bits per heavy atom. The van der Waals surface area contributed by atoms with Crippen LogP contribution >= 0.6 is 0 Å². The molecule has 2 unspecified atom stereocenters. The van der Waals surface area contributed by atoms with Gasteiger partial charge in [0.1, 0.15) is 0 Å². The van der Waals surface area contributed by atoms with Crippen molar-refractivity contribution in [3.05, 3.63) is 24.3 Å². The van der Waals surface area contributed by atoms with E-state index in [-0.39, 0.29) is 12.1 Å². The van der Waals surface area contributed by atoms with Crippen molar-refractivity contribution < 1.29 is 5.11 Å². The smallest absolute Gasteiger partial charge is 0.0753 e. The van der Waals surface area contributed by atoms with Crippen molar-refractivity contribution in [2.75, 3.05) is 6.54 Å². The van der Waals surface area contributed by atoms with Crippen LogP contribution in [0.25, 0.3) is 0 Å². The third kappa shape index (κ3) is 3.40. The van der Waals surface area contributed by atoms with Crippen molar-refractivity contribution in [2.24, 2.45) is 0 Å². The number of aliphatic hydroxyl groups excluding tert-OH is 1. The van der Waals surface area contributed by atoms with Crippen LogP contribution in [-0.2, 0) is 0 Å². The molecule has 0 fully saturated rings. The number of aromatic nitrogens is 2. The lowest BCUT2D eigenvalue weighted by atomic mass is 10.2. The van der Waals surface area contributed by atoms with Crippen LogP contribution in [0.5, 0.6) is 0 Å². The highest BCUT2D eigenvalue weighted by atomic mass is 16.3.